The van der Waals surface area contributed by atoms with Crippen molar-refractivity contribution in [2.75, 3.05) is 6.54 Å². The van der Waals surface area contributed by atoms with Gasteiger partial charge in [-0.1, -0.05) is 5.16 Å². The van der Waals surface area contributed by atoms with Crippen LogP contribution in [0.15, 0.2) is 16.8 Å². The van der Waals surface area contributed by atoms with Crippen molar-refractivity contribution < 1.29 is 9.32 Å². The molecule has 1 aliphatic rings. The van der Waals surface area contributed by atoms with Crippen LogP contribution < -0.4 is 11.1 Å². The second-order valence-electron chi connectivity index (χ2n) is 3.65. The van der Waals surface area contributed by atoms with Gasteiger partial charge in [0.2, 0.25) is 5.91 Å². The molecule has 0 spiro atoms. The zero-order chi connectivity index (χ0) is 10.0. The molecule has 0 bridgehead atoms. The molecule has 1 aromatic rings. The number of nitrogens with one attached hydrogen (secondary N) is 1. The Morgan fingerprint density at radius 1 is 1.71 bits per heavy atom. The number of nitrogens with zero attached hydrogens (tertiary/aromatic N) is 1. The summed E-state index contributed by atoms with van der Waals surface area (Å²) in [5.41, 5.74) is 5.23. The third kappa shape index (κ3) is 1.63. The maximum atomic E-state index is 11.6. The van der Waals surface area contributed by atoms with Gasteiger partial charge in [-0.15, -0.1) is 0 Å². The number of hydrogen-bond donors (Lipinski definition) is 2. The van der Waals surface area contributed by atoms with Gasteiger partial charge in [0, 0.05) is 12.6 Å². The van der Waals surface area contributed by atoms with Gasteiger partial charge in [0.15, 0.2) is 5.76 Å². The average molecular weight is 195 g/mol. The summed E-state index contributed by atoms with van der Waals surface area (Å²) in [6, 6.07) is 1.72. The van der Waals surface area contributed by atoms with E-state index in [0.717, 1.165) is 12.8 Å². The summed E-state index contributed by atoms with van der Waals surface area (Å²) in [5, 5.41) is 6.33. The second-order valence-corrected chi connectivity index (χ2v) is 3.65. The molecule has 0 unspecified atom stereocenters. The third-order valence-corrected chi connectivity index (χ3v) is 2.64. The van der Waals surface area contributed by atoms with Gasteiger partial charge in [0.25, 0.3) is 0 Å². The van der Waals surface area contributed by atoms with Gasteiger partial charge in [-0.3, -0.25) is 4.79 Å². The third-order valence-electron chi connectivity index (χ3n) is 2.64. The van der Waals surface area contributed by atoms with Gasteiger partial charge in [-0.05, 0) is 12.8 Å². The molecule has 1 heterocycles. The minimum Gasteiger partial charge on any atom is -0.360 e. The standard InChI is InChI=1S/C9H13N3O2/c10-6-9(2-3-9)8(13)11-5-7-1-4-12-14-7/h1,4H,2-3,5-6,10H2,(H,11,13). The second kappa shape index (κ2) is 3.42. The molecule has 0 aliphatic heterocycles. The molecule has 1 saturated carbocycles. The predicted octanol–water partition coefficient (Wildman–Crippen LogP) is 0.0297. The molecular formula is C9H13N3O2. The van der Waals surface area contributed by atoms with Crippen LogP contribution >= 0.6 is 0 Å². The number of hydrogen-bond acceptors (Lipinski definition) is 4. The average Bonchev–Trinajstić information content (AvgIpc) is 2.84. The number of carbonyl (C=O) groups excluding carboxylic acids is 1. The number of nitrogens with two attached hydrogens (primary N) is 1. The van der Waals surface area contributed by atoms with Crippen molar-refractivity contribution in [2.45, 2.75) is 19.4 Å². The highest BCUT2D eigenvalue weighted by atomic mass is 16.5. The summed E-state index contributed by atoms with van der Waals surface area (Å²) in [4.78, 5) is 11.6. The molecular weight excluding hydrogens is 182 g/mol. The summed E-state index contributed by atoms with van der Waals surface area (Å²) in [6.07, 6.45) is 3.34. The molecule has 5 heteroatoms. The van der Waals surface area contributed by atoms with Crippen molar-refractivity contribution in [3.05, 3.63) is 18.0 Å². The van der Waals surface area contributed by atoms with Crippen molar-refractivity contribution in [3.63, 3.8) is 0 Å². The normalized spacial score (nSPS) is 17.8. The highest BCUT2D eigenvalue weighted by Crippen LogP contribution is 2.44. The lowest BCUT2D eigenvalue weighted by atomic mass is 10.1. The number of aromatic nitrogens is 1. The fraction of sp³-hybridized carbons (Fsp3) is 0.556. The van der Waals surface area contributed by atoms with Crippen LogP contribution in [0.5, 0.6) is 0 Å². The first kappa shape index (κ1) is 9.21. The van der Waals surface area contributed by atoms with E-state index in [0.29, 0.717) is 18.8 Å². The van der Waals surface area contributed by atoms with Gasteiger partial charge < -0.3 is 15.6 Å². The highest BCUT2D eigenvalue weighted by molar-refractivity contribution is 5.85. The van der Waals surface area contributed by atoms with E-state index in [1.807, 2.05) is 0 Å². The van der Waals surface area contributed by atoms with E-state index in [4.69, 9.17) is 10.3 Å². The maximum absolute atomic E-state index is 11.6. The van der Waals surface area contributed by atoms with Crippen LogP contribution in [0.3, 0.4) is 0 Å². The Morgan fingerprint density at radius 3 is 3.00 bits per heavy atom. The Morgan fingerprint density at radius 2 is 2.50 bits per heavy atom. The molecule has 3 N–H and O–H groups in total. The molecule has 1 fully saturated rings. The van der Waals surface area contributed by atoms with Gasteiger partial charge in [0.1, 0.15) is 0 Å². The molecule has 1 amide bonds. The van der Waals surface area contributed by atoms with E-state index in [2.05, 4.69) is 10.5 Å². The Kier molecular flexibility index (Phi) is 2.25. The van der Waals surface area contributed by atoms with E-state index in [1.54, 1.807) is 12.3 Å². The molecule has 2 rings (SSSR count). The molecule has 1 aromatic heterocycles. The minimum absolute atomic E-state index is 0.0244. The highest BCUT2D eigenvalue weighted by Gasteiger charge is 2.48. The number of carbonyl (C=O) groups is 1. The molecule has 0 saturated heterocycles. The molecule has 0 radical (unpaired) electrons. The summed E-state index contributed by atoms with van der Waals surface area (Å²) in [6.45, 7) is 0.815. The molecule has 1 aliphatic carbocycles. The SMILES string of the molecule is NCC1(C(=O)NCc2ccno2)CC1. The zero-order valence-corrected chi connectivity index (χ0v) is 7.82. The molecule has 76 valence electrons. The van der Waals surface area contributed by atoms with Crippen LogP contribution in [0.1, 0.15) is 18.6 Å². The molecule has 5 nitrogen and oxygen atoms in total. The first-order valence-electron chi connectivity index (χ1n) is 4.65. The van der Waals surface area contributed by atoms with Gasteiger partial charge >= 0.3 is 0 Å². The van der Waals surface area contributed by atoms with E-state index in [1.165, 1.54) is 0 Å². The summed E-state index contributed by atoms with van der Waals surface area (Å²) in [7, 11) is 0. The predicted molar refractivity (Wildman–Crippen MR) is 49.1 cm³/mol. The van der Waals surface area contributed by atoms with Gasteiger partial charge in [-0.25, -0.2) is 0 Å². The fourth-order valence-electron chi connectivity index (χ4n) is 1.36. The maximum Gasteiger partial charge on any atom is 0.227 e. The minimum atomic E-state index is -0.292. The van der Waals surface area contributed by atoms with Crippen LogP contribution in [0.25, 0.3) is 0 Å². The monoisotopic (exact) mass is 195 g/mol. The van der Waals surface area contributed by atoms with Crippen molar-refractivity contribution >= 4 is 5.91 Å². The van der Waals surface area contributed by atoms with Crippen molar-refractivity contribution in [2.24, 2.45) is 11.1 Å². The number of rotatable bonds is 4. The molecule has 0 atom stereocenters. The zero-order valence-electron chi connectivity index (χ0n) is 7.82. The van der Waals surface area contributed by atoms with E-state index < -0.39 is 0 Å². The fourth-order valence-corrected chi connectivity index (χ4v) is 1.36. The van der Waals surface area contributed by atoms with Crippen LogP contribution in [0.2, 0.25) is 0 Å². The lowest BCUT2D eigenvalue weighted by Crippen LogP contribution is -2.36. The summed E-state index contributed by atoms with van der Waals surface area (Å²) < 4.78 is 4.85. The topological polar surface area (TPSA) is 81.2 Å². The summed E-state index contributed by atoms with van der Waals surface area (Å²) >= 11 is 0. The Labute approximate surface area is 81.6 Å². The van der Waals surface area contributed by atoms with E-state index in [-0.39, 0.29) is 11.3 Å². The van der Waals surface area contributed by atoms with E-state index >= 15 is 0 Å². The number of amides is 1. The van der Waals surface area contributed by atoms with Crippen LogP contribution in [0, 0.1) is 5.41 Å². The van der Waals surface area contributed by atoms with Crippen LogP contribution in [-0.2, 0) is 11.3 Å². The Hall–Kier alpha value is -1.36. The van der Waals surface area contributed by atoms with Crippen molar-refractivity contribution in [3.8, 4) is 0 Å². The first-order chi connectivity index (χ1) is 6.77. The largest absolute Gasteiger partial charge is 0.360 e. The van der Waals surface area contributed by atoms with Crippen molar-refractivity contribution in [1.29, 1.82) is 0 Å². The van der Waals surface area contributed by atoms with Crippen LogP contribution in [-0.4, -0.2) is 17.6 Å². The quantitative estimate of drug-likeness (QED) is 0.710. The smallest absolute Gasteiger partial charge is 0.227 e. The van der Waals surface area contributed by atoms with Crippen LogP contribution in [0.4, 0.5) is 0 Å². The molecule has 14 heavy (non-hydrogen) atoms. The molecule has 0 aromatic carbocycles. The van der Waals surface area contributed by atoms with Crippen molar-refractivity contribution in [1.82, 2.24) is 10.5 Å². The van der Waals surface area contributed by atoms with Gasteiger partial charge in [-0.2, -0.15) is 0 Å². The first-order valence-corrected chi connectivity index (χ1v) is 4.65. The van der Waals surface area contributed by atoms with Gasteiger partial charge in [0.05, 0.1) is 18.2 Å². The lowest BCUT2D eigenvalue weighted by Gasteiger charge is -2.11. The summed E-state index contributed by atoms with van der Waals surface area (Å²) in [5.74, 6) is 0.683. The van der Waals surface area contributed by atoms with E-state index in [9.17, 15) is 4.79 Å². The Balaban J connectivity index is 1.84. The Bertz CT molecular complexity index is 317. The lowest BCUT2D eigenvalue weighted by molar-refractivity contribution is -0.126.